The highest BCUT2D eigenvalue weighted by Crippen LogP contribution is 2.23. The van der Waals surface area contributed by atoms with Gasteiger partial charge in [-0.3, -0.25) is 10.1 Å². The van der Waals surface area contributed by atoms with Gasteiger partial charge in [0.05, 0.1) is 0 Å². The molecule has 1 atom stereocenters. The third kappa shape index (κ3) is 4.20. The second-order valence-corrected chi connectivity index (χ2v) is 4.04. The fourth-order valence-electron chi connectivity index (χ4n) is 1.49. The van der Waals surface area contributed by atoms with E-state index >= 15 is 0 Å². The third-order valence-electron chi connectivity index (χ3n) is 2.51. The first kappa shape index (κ1) is 15.9. The number of nitrogens with two attached hydrogens (primary N) is 1. The zero-order chi connectivity index (χ0) is 15.1. The first-order chi connectivity index (χ1) is 9.49. The molecule has 0 bridgehead atoms. The lowest BCUT2D eigenvalue weighted by Crippen LogP contribution is -2.45. The number of para-hydroxylation sites is 1. The number of urea groups is 1. The van der Waals surface area contributed by atoms with Gasteiger partial charge >= 0.3 is 6.03 Å². The first-order valence-corrected chi connectivity index (χ1v) is 6.22. The Morgan fingerprint density at radius 1 is 1.45 bits per heavy atom. The van der Waals surface area contributed by atoms with Gasteiger partial charge in [0, 0.05) is 18.7 Å². The van der Waals surface area contributed by atoms with E-state index in [-0.39, 0.29) is 12.3 Å². The summed E-state index contributed by atoms with van der Waals surface area (Å²) in [6.07, 6.45) is -1.03. The second kappa shape index (κ2) is 7.44. The molecule has 1 rings (SSSR count). The molecule has 0 heterocycles. The number of amides is 3. The van der Waals surface area contributed by atoms with Crippen molar-refractivity contribution in [2.24, 2.45) is 5.73 Å². The maximum Gasteiger partial charge on any atom is 0.321 e. The summed E-state index contributed by atoms with van der Waals surface area (Å²) in [6.45, 7) is 3.61. The molecule has 0 fully saturated rings. The molecule has 1 aromatic rings. The number of carbonyl (C=O) groups is 2. The topological polar surface area (TPSA) is 93.5 Å². The summed E-state index contributed by atoms with van der Waals surface area (Å²) in [4.78, 5) is 22.9. The molecule has 0 aromatic heterocycles. The van der Waals surface area contributed by atoms with Crippen LogP contribution in [0.15, 0.2) is 18.2 Å². The summed E-state index contributed by atoms with van der Waals surface area (Å²) >= 11 is 0. The molecule has 0 aliphatic rings. The molecule has 0 radical (unpaired) electrons. The number of imide groups is 1. The van der Waals surface area contributed by atoms with E-state index in [0.29, 0.717) is 12.1 Å². The SMILES string of the molecule is CCNC(=O)NC(=O)C(C)Oc1c(F)cccc1CN. The molecule has 20 heavy (non-hydrogen) atoms. The monoisotopic (exact) mass is 283 g/mol. The highest BCUT2D eigenvalue weighted by Gasteiger charge is 2.20. The average molecular weight is 283 g/mol. The number of rotatable bonds is 5. The fraction of sp³-hybridized carbons (Fsp3) is 0.385. The highest BCUT2D eigenvalue weighted by molar-refractivity contribution is 5.96. The molecule has 3 amide bonds. The Morgan fingerprint density at radius 2 is 2.15 bits per heavy atom. The van der Waals surface area contributed by atoms with Crippen LogP contribution in [0.25, 0.3) is 0 Å². The van der Waals surface area contributed by atoms with Gasteiger partial charge in [0.2, 0.25) is 0 Å². The van der Waals surface area contributed by atoms with Gasteiger partial charge in [-0.1, -0.05) is 12.1 Å². The maximum absolute atomic E-state index is 13.7. The lowest BCUT2D eigenvalue weighted by atomic mass is 10.2. The van der Waals surface area contributed by atoms with Crippen LogP contribution in [-0.2, 0) is 11.3 Å². The Morgan fingerprint density at radius 3 is 2.75 bits per heavy atom. The minimum absolute atomic E-state index is 0.0754. The zero-order valence-corrected chi connectivity index (χ0v) is 11.4. The van der Waals surface area contributed by atoms with E-state index in [9.17, 15) is 14.0 Å². The molecule has 6 nitrogen and oxygen atoms in total. The quantitative estimate of drug-likeness (QED) is 0.748. The van der Waals surface area contributed by atoms with Crippen LogP contribution in [0.1, 0.15) is 19.4 Å². The van der Waals surface area contributed by atoms with Crippen molar-refractivity contribution < 1.29 is 18.7 Å². The Labute approximate surface area is 116 Å². The molecule has 0 saturated heterocycles. The molecule has 1 unspecified atom stereocenters. The molecule has 7 heteroatoms. The van der Waals surface area contributed by atoms with Crippen LogP contribution in [0.5, 0.6) is 5.75 Å². The largest absolute Gasteiger partial charge is 0.477 e. The summed E-state index contributed by atoms with van der Waals surface area (Å²) in [6, 6.07) is 3.69. The minimum Gasteiger partial charge on any atom is -0.477 e. The van der Waals surface area contributed by atoms with Gasteiger partial charge in [-0.2, -0.15) is 0 Å². The van der Waals surface area contributed by atoms with E-state index < -0.39 is 23.9 Å². The van der Waals surface area contributed by atoms with E-state index in [1.165, 1.54) is 19.1 Å². The fourth-order valence-corrected chi connectivity index (χ4v) is 1.49. The minimum atomic E-state index is -1.03. The molecule has 4 N–H and O–H groups in total. The summed E-state index contributed by atoms with van der Waals surface area (Å²) in [5.74, 6) is -1.35. The Hall–Kier alpha value is -2.15. The zero-order valence-electron chi connectivity index (χ0n) is 11.4. The van der Waals surface area contributed by atoms with Crippen molar-refractivity contribution in [1.29, 1.82) is 0 Å². The Balaban J connectivity index is 2.73. The molecular formula is C13H18FN3O3. The number of halogens is 1. The second-order valence-electron chi connectivity index (χ2n) is 4.04. The van der Waals surface area contributed by atoms with Crippen LogP contribution in [-0.4, -0.2) is 24.6 Å². The van der Waals surface area contributed by atoms with Gasteiger partial charge in [0.25, 0.3) is 5.91 Å². The number of hydrogen-bond acceptors (Lipinski definition) is 4. The van der Waals surface area contributed by atoms with Crippen molar-refractivity contribution in [1.82, 2.24) is 10.6 Å². The van der Waals surface area contributed by atoms with Crippen LogP contribution in [0.3, 0.4) is 0 Å². The normalized spacial score (nSPS) is 11.6. The van der Waals surface area contributed by atoms with E-state index in [1.54, 1.807) is 13.0 Å². The van der Waals surface area contributed by atoms with Gasteiger partial charge in [-0.05, 0) is 19.9 Å². The molecule has 1 aromatic carbocycles. The lowest BCUT2D eigenvalue weighted by molar-refractivity contribution is -0.126. The molecular weight excluding hydrogens is 265 g/mol. The highest BCUT2D eigenvalue weighted by atomic mass is 19.1. The van der Waals surface area contributed by atoms with Crippen LogP contribution in [0.4, 0.5) is 9.18 Å². The van der Waals surface area contributed by atoms with E-state index in [0.717, 1.165) is 0 Å². The number of nitrogens with one attached hydrogen (secondary N) is 2. The van der Waals surface area contributed by atoms with Crippen LogP contribution in [0.2, 0.25) is 0 Å². The van der Waals surface area contributed by atoms with Crippen LogP contribution in [0, 0.1) is 5.82 Å². The maximum atomic E-state index is 13.7. The van der Waals surface area contributed by atoms with Crippen molar-refractivity contribution in [3.8, 4) is 5.75 Å². The van der Waals surface area contributed by atoms with Gasteiger partial charge < -0.3 is 15.8 Å². The predicted octanol–water partition coefficient (Wildman–Crippen LogP) is 0.897. The molecule has 0 saturated carbocycles. The number of carbonyl (C=O) groups excluding carboxylic acids is 2. The number of ether oxygens (including phenoxy) is 1. The van der Waals surface area contributed by atoms with Crippen molar-refractivity contribution in [2.75, 3.05) is 6.54 Å². The molecule has 110 valence electrons. The lowest BCUT2D eigenvalue weighted by Gasteiger charge is -2.17. The molecule has 0 aliphatic heterocycles. The van der Waals surface area contributed by atoms with Gasteiger partial charge in [-0.25, -0.2) is 9.18 Å². The summed E-state index contributed by atoms with van der Waals surface area (Å²) in [5, 5.41) is 4.50. The summed E-state index contributed by atoms with van der Waals surface area (Å²) in [7, 11) is 0. The Bertz CT molecular complexity index is 494. The third-order valence-corrected chi connectivity index (χ3v) is 2.51. The van der Waals surface area contributed by atoms with Crippen LogP contribution >= 0.6 is 0 Å². The van der Waals surface area contributed by atoms with E-state index in [4.69, 9.17) is 10.5 Å². The smallest absolute Gasteiger partial charge is 0.321 e. The summed E-state index contributed by atoms with van der Waals surface area (Å²) < 4.78 is 18.9. The number of hydrogen-bond donors (Lipinski definition) is 3. The van der Waals surface area contributed by atoms with Gasteiger partial charge in [0.1, 0.15) is 0 Å². The predicted molar refractivity (Wildman–Crippen MR) is 71.6 cm³/mol. The van der Waals surface area contributed by atoms with E-state index in [1.807, 2.05) is 0 Å². The van der Waals surface area contributed by atoms with Gasteiger partial charge in [0.15, 0.2) is 17.7 Å². The van der Waals surface area contributed by atoms with Crippen molar-refractivity contribution >= 4 is 11.9 Å². The molecule has 0 aliphatic carbocycles. The Kier molecular flexibility index (Phi) is 5.92. The van der Waals surface area contributed by atoms with E-state index in [2.05, 4.69) is 10.6 Å². The first-order valence-electron chi connectivity index (χ1n) is 6.22. The van der Waals surface area contributed by atoms with Gasteiger partial charge in [-0.15, -0.1) is 0 Å². The van der Waals surface area contributed by atoms with Crippen molar-refractivity contribution in [3.63, 3.8) is 0 Å². The average Bonchev–Trinajstić information content (AvgIpc) is 2.41. The standard InChI is InChI=1S/C13H18FN3O3/c1-3-16-13(19)17-12(18)8(2)20-11-9(7-15)5-4-6-10(11)14/h4-6,8H,3,7,15H2,1-2H3,(H2,16,17,18,19). The van der Waals surface area contributed by atoms with Crippen molar-refractivity contribution in [3.05, 3.63) is 29.6 Å². The van der Waals surface area contributed by atoms with Crippen LogP contribution < -0.4 is 21.1 Å². The van der Waals surface area contributed by atoms with Crippen molar-refractivity contribution in [2.45, 2.75) is 26.5 Å². The number of benzene rings is 1. The molecule has 0 spiro atoms. The summed E-state index contributed by atoms with van der Waals surface area (Å²) in [5.41, 5.74) is 5.93.